The summed E-state index contributed by atoms with van der Waals surface area (Å²) >= 11 is 0. The van der Waals surface area contributed by atoms with Crippen molar-refractivity contribution in [1.29, 1.82) is 0 Å². The van der Waals surface area contributed by atoms with Gasteiger partial charge in [-0.15, -0.1) is 0 Å². The Bertz CT molecular complexity index is 415. The van der Waals surface area contributed by atoms with Crippen molar-refractivity contribution in [3.63, 3.8) is 0 Å². The molecule has 1 radical (unpaired) electrons. The van der Waals surface area contributed by atoms with Crippen LogP contribution in [0, 0.1) is 0 Å². The highest BCUT2D eigenvalue weighted by atomic mass is 28.3. The van der Waals surface area contributed by atoms with E-state index in [9.17, 15) is 0 Å². The molecule has 0 N–H and O–H groups in total. The summed E-state index contributed by atoms with van der Waals surface area (Å²) in [5, 5.41) is 1.37. The molecule has 0 unspecified atom stereocenters. The monoisotopic (exact) mass is 202 g/mol. The summed E-state index contributed by atoms with van der Waals surface area (Å²) in [6, 6.07) is 13.5. The molecule has 73 valence electrons. The van der Waals surface area contributed by atoms with Gasteiger partial charge in [-0.25, -0.2) is 0 Å². The second-order valence-electron chi connectivity index (χ2n) is 3.52. The van der Waals surface area contributed by atoms with Crippen molar-refractivity contribution in [1.82, 2.24) is 4.23 Å². The van der Waals surface area contributed by atoms with E-state index in [1.54, 1.807) is 0 Å². The third-order valence-electron chi connectivity index (χ3n) is 2.76. The molecular weight excluding hydrogens is 186 g/mol. The fourth-order valence-electron chi connectivity index (χ4n) is 1.95. The van der Waals surface area contributed by atoms with Crippen LogP contribution in [0.3, 0.4) is 0 Å². The molecule has 0 saturated heterocycles. The molecule has 0 aliphatic carbocycles. The number of para-hydroxylation sites is 1. The summed E-state index contributed by atoms with van der Waals surface area (Å²) in [6.07, 6.45) is 2.26. The Balaban J connectivity index is 2.51. The van der Waals surface area contributed by atoms with Gasteiger partial charge in [-0.1, -0.05) is 32.0 Å². The molecule has 2 rings (SSSR count). The number of benzene rings is 1. The minimum atomic E-state index is -0.366. The third kappa shape index (κ3) is 1.50. The van der Waals surface area contributed by atoms with Crippen LogP contribution in [0.25, 0.3) is 10.9 Å². The van der Waals surface area contributed by atoms with E-state index in [0.717, 1.165) is 0 Å². The molecule has 0 saturated carbocycles. The van der Waals surface area contributed by atoms with Crippen LogP contribution in [0.15, 0.2) is 36.5 Å². The maximum absolute atomic E-state index is 2.50. The number of rotatable bonds is 3. The van der Waals surface area contributed by atoms with Crippen molar-refractivity contribution < 1.29 is 0 Å². The maximum atomic E-state index is 2.50. The summed E-state index contributed by atoms with van der Waals surface area (Å²) in [6.45, 7) is 4.60. The van der Waals surface area contributed by atoms with Gasteiger partial charge in [-0.05, 0) is 35.8 Å². The van der Waals surface area contributed by atoms with Crippen molar-refractivity contribution >= 4 is 19.9 Å². The predicted molar refractivity (Wildman–Crippen MR) is 64.1 cm³/mol. The Morgan fingerprint density at radius 2 is 1.79 bits per heavy atom. The van der Waals surface area contributed by atoms with Crippen LogP contribution in [0.1, 0.15) is 13.8 Å². The van der Waals surface area contributed by atoms with Gasteiger partial charge in [0.15, 0.2) is 8.96 Å². The van der Waals surface area contributed by atoms with Gasteiger partial charge in [-0.2, -0.15) is 0 Å². The molecule has 2 aromatic rings. The lowest BCUT2D eigenvalue weighted by molar-refractivity contribution is 1.15. The van der Waals surface area contributed by atoms with Crippen molar-refractivity contribution in [2.24, 2.45) is 0 Å². The van der Waals surface area contributed by atoms with E-state index in [1.807, 2.05) is 0 Å². The Morgan fingerprint density at radius 1 is 1.07 bits per heavy atom. The molecule has 0 fully saturated rings. The number of hydrogen-bond donors (Lipinski definition) is 0. The zero-order valence-corrected chi connectivity index (χ0v) is 9.83. The highest BCUT2D eigenvalue weighted by Crippen LogP contribution is 2.17. The molecular formula is C12H16NSi. The summed E-state index contributed by atoms with van der Waals surface area (Å²) < 4.78 is 2.50. The first kappa shape index (κ1) is 9.53. The zero-order valence-electron chi connectivity index (χ0n) is 8.83. The lowest BCUT2D eigenvalue weighted by atomic mass is 10.3. The molecule has 0 bridgehead atoms. The lowest BCUT2D eigenvalue weighted by Gasteiger charge is -2.13. The van der Waals surface area contributed by atoms with Crippen molar-refractivity contribution in [3.8, 4) is 0 Å². The van der Waals surface area contributed by atoms with Crippen LogP contribution in [0.2, 0.25) is 12.1 Å². The second kappa shape index (κ2) is 4.01. The highest BCUT2D eigenvalue weighted by Gasteiger charge is 2.10. The van der Waals surface area contributed by atoms with Crippen LogP contribution in [0.4, 0.5) is 0 Å². The van der Waals surface area contributed by atoms with Crippen LogP contribution in [-0.2, 0) is 0 Å². The number of fused-ring (bicyclic) bond motifs is 1. The van der Waals surface area contributed by atoms with E-state index in [4.69, 9.17) is 0 Å². The van der Waals surface area contributed by atoms with E-state index in [2.05, 4.69) is 54.6 Å². The molecule has 1 aromatic heterocycles. The molecule has 0 aliphatic rings. The smallest absolute Gasteiger partial charge is 0.174 e. The summed E-state index contributed by atoms with van der Waals surface area (Å²) in [4.78, 5) is 0. The largest absolute Gasteiger partial charge is 0.374 e. The minimum Gasteiger partial charge on any atom is -0.374 e. The predicted octanol–water partition coefficient (Wildman–Crippen LogP) is 3.52. The van der Waals surface area contributed by atoms with Crippen molar-refractivity contribution in [2.45, 2.75) is 25.9 Å². The quantitative estimate of drug-likeness (QED) is 0.671. The van der Waals surface area contributed by atoms with Gasteiger partial charge >= 0.3 is 0 Å². The molecule has 14 heavy (non-hydrogen) atoms. The number of aromatic nitrogens is 1. The molecule has 2 heteroatoms. The minimum absolute atomic E-state index is 0.366. The Labute approximate surface area is 87.0 Å². The summed E-state index contributed by atoms with van der Waals surface area (Å²) in [7, 11) is -0.366. The van der Waals surface area contributed by atoms with Gasteiger partial charge in [0.2, 0.25) is 0 Å². The van der Waals surface area contributed by atoms with Crippen LogP contribution >= 0.6 is 0 Å². The Morgan fingerprint density at radius 3 is 2.50 bits per heavy atom. The van der Waals surface area contributed by atoms with Gasteiger partial charge in [0.05, 0.1) is 0 Å². The molecule has 1 aromatic carbocycles. The topological polar surface area (TPSA) is 4.93 Å². The fraction of sp³-hybridized carbons (Fsp3) is 0.333. The molecule has 1 heterocycles. The highest BCUT2D eigenvalue weighted by molar-refractivity contribution is 6.58. The van der Waals surface area contributed by atoms with Crippen LogP contribution in [-0.4, -0.2) is 13.2 Å². The van der Waals surface area contributed by atoms with E-state index >= 15 is 0 Å². The lowest BCUT2D eigenvalue weighted by Crippen LogP contribution is -2.20. The number of nitrogens with zero attached hydrogens (tertiary/aromatic N) is 1. The molecule has 0 spiro atoms. The van der Waals surface area contributed by atoms with Crippen molar-refractivity contribution in [2.75, 3.05) is 0 Å². The zero-order chi connectivity index (χ0) is 9.97. The average molecular weight is 202 g/mol. The van der Waals surface area contributed by atoms with Gasteiger partial charge in [0, 0.05) is 5.52 Å². The summed E-state index contributed by atoms with van der Waals surface area (Å²) in [5.74, 6) is 0. The molecule has 0 aliphatic heterocycles. The average Bonchev–Trinajstić information content (AvgIpc) is 2.65. The first-order valence-electron chi connectivity index (χ1n) is 5.28. The molecule has 0 atom stereocenters. The third-order valence-corrected chi connectivity index (χ3v) is 5.46. The first-order chi connectivity index (χ1) is 6.86. The van der Waals surface area contributed by atoms with Crippen molar-refractivity contribution in [3.05, 3.63) is 36.5 Å². The van der Waals surface area contributed by atoms with Crippen LogP contribution < -0.4 is 0 Å². The standard InChI is InChI=1S/C12H16NSi/c1-3-14(4-2)13-10-9-11-7-5-6-8-12(11)13/h5-10H,3-4H2,1-2H3. The fourth-order valence-corrected chi connectivity index (χ4v) is 3.96. The van der Waals surface area contributed by atoms with E-state index < -0.39 is 0 Å². The van der Waals surface area contributed by atoms with Gasteiger partial charge < -0.3 is 4.23 Å². The molecule has 0 amide bonds. The first-order valence-corrected chi connectivity index (χ1v) is 7.14. The maximum Gasteiger partial charge on any atom is 0.174 e. The van der Waals surface area contributed by atoms with Gasteiger partial charge in [-0.3, -0.25) is 0 Å². The number of hydrogen-bond acceptors (Lipinski definition) is 0. The Kier molecular flexibility index (Phi) is 2.73. The Hall–Kier alpha value is -1.02. The van der Waals surface area contributed by atoms with Gasteiger partial charge in [0.1, 0.15) is 0 Å². The van der Waals surface area contributed by atoms with Crippen LogP contribution in [0.5, 0.6) is 0 Å². The normalized spacial score (nSPS) is 11.4. The van der Waals surface area contributed by atoms with E-state index in [-0.39, 0.29) is 8.96 Å². The summed E-state index contributed by atoms with van der Waals surface area (Å²) in [5.41, 5.74) is 1.41. The van der Waals surface area contributed by atoms with E-state index in [0.29, 0.717) is 0 Å². The molecule has 1 nitrogen and oxygen atoms in total. The SMILES string of the molecule is CC[Si](CC)n1ccc2ccccc21. The second-order valence-corrected chi connectivity index (χ2v) is 6.55. The van der Waals surface area contributed by atoms with Gasteiger partial charge in [0.25, 0.3) is 0 Å². The van der Waals surface area contributed by atoms with E-state index in [1.165, 1.54) is 23.0 Å².